The summed E-state index contributed by atoms with van der Waals surface area (Å²) in [4.78, 5) is 25.9. The van der Waals surface area contributed by atoms with Gasteiger partial charge in [-0.2, -0.15) is 46.6 Å². The molecule has 2 amide bonds. The SMILES string of the molecule is CCCCCCCCOc1ccc(N=Nc2ccc(C(=O)Oc3ccc(N4[N]C(C(F)(F)F)=NN(c5ccc(C(F)(F)F)cc5)C4=O)cc3)cc2)cc1. The molecule has 1 aliphatic rings. The lowest BCUT2D eigenvalue weighted by atomic mass is 10.1. The number of carbonyl (C=O) groups excluding carboxylic acids is 2. The molecule has 0 bridgehead atoms. The Morgan fingerprint density at radius 3 is 1.77 bits per heavy atom. The Hall–Kier alpha value is -5.93. The molecular weight excluding hydrogens is 706 g/mol. The molecule has 1 radical (unpaired) electrons. The van der Waals surface area contributed by atoms with Crippen molar-refractivity contribution in [1.29, 1.82) is 0 Å². The van der Waals surface area contributed by atoms with Gasteiger partial charge in [0.25, 0.3) is 5.84 Å². The van der Waals surface area contributed by atoms with Gasteiger partial charge in [-0.3, -0.25) is 0 Å². The van der Waals surface area contributed by atoms with Crippen molar-refractivity contribution < 1.29 is 45.4 Å². The zero-order chi connectivity index (χ0) is 38.0. The van der Waals surface area contributed by atoms with Crippen LogP contribution in [0.1, 0.15) is 61.4 Å². The number of urea groups is 1. The second-order valence-electron chi connectivity index (χ2n) is 11.7. The topological polar surface area (TPSA) is 110 Å². The van der Waals surface area contributed by atoms with Crippen molar-refractivity contribution in [1.82, 2.24) is 5.43 Å². The molecule has 277 valence electrons. The number of amides is 2. The minimum Gasteiger partial charge on any atom is -0.494 e. The molecule has 4 aromatic rings. The molecule has 4 aromatic carbocycles. The van der Waals surface area contributed by atoms with Crippen LogP contribution in [0, 0.1) is 0 Å². The van der Waals surface area contributed by atoms with Gasteiger partial charge < -0.3 is 9.47 Å². The van der Waals surface area contributed by atoms with Crippen molar-refractivity contribution >= 4 is 40.6 Å². The third-order valence-electron chi connectivity index (χ3n) is 7.72. The molecule has 0 aliphatic carbocycles. The Labute approximate surface area is 300 Å². The van der Waals surface area contributed by atoms with Gasteiger partial charge in [-0.25, -0.2) is 9.59 Å². The van der Waals surface area contributed by atoms with Crippen LogP contribution in [0.15, 0.2) is 112 Å². The van der Waals surface area contributed by atoms with E-state index in [1.807, 2.05) is 12.1 Å². The van der Waals surface area contributed by atoms with Crippen molar-refractivity contribution in [2.24, 2.45) is 15.3 Å². The number of carbonyl (C=O) groups is 2. The average molecular weight is 740 g/mol. The number of ether oxygens (including phenoxy) is 2. The smallest absolute Gasteiger partial charge is 0.455 e. The minimum atomic E-state index is -5.11. The summed E-state index contributed by atoms with van der Waals surface area (Å²) in [5, 5.41) is 12.3. The quantitative estimate of drug-likeness (QED) is 0.0421. The molecule has 1 aliphatic heterocycles. The van der Waals surface area contributed by atoms with Crippen LogP contribution in [-0.2, 0) is 6.18 Å². The van der Waals surface area contributed by atoms with Gasteiger partial charge in [0.1, 0.15) is 11.5 Å². The number of hydrogen-bond acceptors (Lipinski definition) is 7. The van der Waals surface area contributed by atoms with E-state index in [4.69, 9.17) is 9.47 Å². The first-order valence-corrected chi connectivity index (χ1v) is 16.6. The fraction of sp³-hybridized carbons (Fsp3) is 0.270. The van der Waals surface area contributed by atoms with Crippen molar-refractivity contribution in [3.8, 4) is 11.5 Å². The Bertz CT molecular complexity index is 1900. The molecule has 0 saturated heterocycles. The van der Waals surface area contributed by atoms with Gasteiger partial charge in [0.2, 0.25) is 0 Å². The molecule has 0 aromatic heterocycles. The average Bonchev–Trinajstić information content (AvgIpc) is 3.14. The van der Waals surface area contributed by atoms with E-state index < -0.39 is 35.8 Å². The van der Waals surface area contributed by atoms with E-state index in [2.05, 4.69) is 27.7 Å². The Kier molecular flexibility index (Phi) is 12.3. The van der Waals surface area contributed by atoms with E-state index in [1.165, 1.54) is 62.1 Å². The van der Waals surface area contributed by atoms with Crippen molar-refractivity contribution in [3.63, 3.8) is 0 Å². The van der Waals surface area contributed by atoms with Crippen LogP contribution in [0.5, 0.6) is 11.5 Å². The lowest BCUT2D eigenvalue weighted by Crippen LogP contribution is -2.55. The van der Waals surface area contributed by atoms with Crippen LogP contribution < -0.4 is 24.9 Å². The van der Waals surface area contributed by atoms with Crippen molar-refractivity contribution in [2.45, 2.75) is 57.8 Å². The van der Waals surface area contributed by atoms with Crippen LogP contribution in [-0.4, -0.2) is 30.6 Å². The van der Waals surface area contributed by atoms with Crippen molar-refractivity contribution in [3.05, 3.63) is 108 Å². The number of nitrogens with zero attached hydrogens (tertiary/aromatic N) is 6. The standard InChI is InChI=1S/C37H33F6N6O4/c1-2-3-4-5-6-7-24-52-31-20-14-28(15-21-31)45-44-27-12-8-25(9-13-27)33(50)53-32-22-18-30(19-23-32)49-35(51)48(46-34(47-49)37(41,42)43)29-16-10-26(11-17-29)36(38,39)40/h8-23H,2-7,24H2,1H3. The lowest BCUT2D eigenvalue weighted by molar-refractivity contribution is -0.137. The molecule has 5 rings (SSSR count). The summed E-state index contributed by atoms with van der Waals surface area (Å²) in [6.07, 6.45) is -2.73. The van der Waals surface area contributed by atoms with Gasteiger partial charge in [0, 0.05) is 0 Å². The predicted molar refractivity (Wildman–Crippen MR) is 185 cm³/mol. The number of rotatable bonds is 14. The number of anilines is 2. The number of amidine groups is 1. The minimum absolute atomic E-state index is 0.00400. The first-order chi connectivity index (χ1) is 25.3. The van der Waals surface area contributed by atoms with Crippen LogP contribution >= 0.6 is 0 Å². The fourth-order valence-electron chi connectivity index (χ4n) is 4.91. The van der Waals surface area contributed by atoms with E-state index in [-0.39, 0.29) is 27.7 Å². The summed E-state index contributed by atoms with van der Waals surface area (Å²) in [5.74, 6) is -1.73. The molecule has 1 heterocycles. The maximum atomic E-state index is 13.7. The molecule has 0 fully saturated rings. The normalized spacial score (nSPS) is 13.6. The highest BCUT2D eigenvalue weighted by Gasteiger charge is 2.45. The molecule has 0 N–H and O–H groups in total. The van der Waals surface area contributed by atoms with Gasteiger partial charge >= 0.3 is 24.4 Å². The van der Waals surface area contributed by atoms with E-state index in [1.54, 1.807) is 24.3 Å². The van der Waals surface area contributed by atoms with Gasteiger partial charge in [-0.15, -0.1) is 10.5 Å². The Morgan fingerprint density at radius 1 is 0.660 bits per heavy atom. The Morgan fingerprint density at radius 2 is 1.19 bits per heavy atom. The molecule has 0 unspecified atom stereocenters. The third kappa shape index (κ3) is 10.6. The second-order valence-corrected chi connectivity index (χ2v) is 11.7. The fourth-order valence-corrected chi connectivity index (χ4v) is 4.91. The number of benzene rings is 4. The lowest BCUT2D eigenvalue weighted by Gasteiger charge is -2.32. The first kappa shape index (κ1) is 38.3. The number of azo groups is 1. The molecule has 53 heavy (non-hydrogen) atoms. The summed E-state index contributed by atoms with van der Waals surface area (Å²) in [6.45, 7) is 2.84. The first-order valence-electron chi connectivity index (χ1n) is 16.6. The largest absolute Gasteiger partial charge is 0.494 e. The highest BCUT2D eigenvalue weighted by molar-refractivity contribution is 6.09. The number of alkyl halides is 6. The van der Waals surface area contributed by atoms with Crippen LogP contribution in [0.25, 0.3) is 0 Å². The summed E-state index contributed by atoms with van der Waals surface area (Å²) in [7, 11) is 0. The molecule has 0 spiro atoms. The maximum Gasteiger partial charge on any atom is 0.455 e. The van der Waals surface area contributed by atoms with Gasteiger partial charge in [-0.05, 0) is 103 Å². The van der Waals surface area contributed by atoms with E-state index in [0.717, 1.165) is 30.7 Å². The monoisotopic (exact) mass is 739 g/mol. The summed E-state index contributed by atoms with van der Waals surface area (Å²) in [5.41, 5.74) is 2.94. The zero-order valence-electron chi connectivity index (χ0n) is 28.3. The van der Waals surface area contributed by atoms with Gasteiger partial charge in [0.05, 0.1) is 40.5 Å². The number of esters is 1. The number of hydrazone groups is 1. The molecular formula is C37H33F6N6O4. The van der Waals surface area contributed by atoms with E-state index >= 15 is 0 Å². The summed E-state index contributed by atoms with van der Waals surface area (Å²) >= 11 is 0. The van der Waals surface area contributed by atoms with Crippen molar-refractivity contribution in [2.75, 3.05) is 16.6 Å². The highest BCUT2D eigenvalue weighted by Crippen LogP contribution is 2.33. The third-order valence-corrected chi connectivity index (χ3v) is 7.72. The van der Waals surface area contributed by atoms with Gasteiger partial charge in [0.15, 0.2) is 0 Å². The van der Waals surface area contributed by atoms with Crippen LogP contribution in [0.2, 0.25) is 0 Å². The second kappa shape index (κ2) is 17.1. The predicted octanol–water partition coefficient (Wildman–Crippen LogP) is 10.9. The zero-order valence-corrected chi connectivity index (χ0v) is 28.3. The highest BCUT2D eigenvalue weighted by atomic mass is 19.4. The van der Waals surface area contributed by atoms with E-state index in [0.29, 0.717) is 35.1 Å². The summed E-state index contributed by atoms with van der Waals surface area (Å²) in [6, 6.07) is 19.7. The molecule has 10 nitrogen and oxygen atoms in total. The number of unbranched alkanes of at least 4 members (excludes halogenated alkanes) is 5. The Balaban J connectivity index is 1.16. The van der Waals surface area contributed by atoms with Crippen LogP contribution in [0.4, 0.5) is 53.9 Å². The molecule has 16 heteroatoms. The molecule has 0 atom stereocenters. The summed E-state index contributed by atoms with van der Waals surface area (Å²) < 4.78 is 91.1. The van der Waals surface area contributed by atoms with Gasteiger partial charge in [-0.1, -0.05) is 39.0 Å². The van der Waals surface area contributed by atoms with E-state index in [9.17, 15) is 35.9 Å². The number of halogens is 6. The number of hydrogen-bond donors (Lipinski definition) is 0. The van der Waals surface area contributed by atoms with Crippen LogP contribution in [0.3, 0.4) is 0 Å². The molecule has 0 saturated carbocycles. The maximum absolute atomic E-state index is 13.7.